The van der Waals surface area contributed by atoms with Gasteiger partial charge in [-0.25, -0.2) is 0 Å². The van der Waals surface area contributed by atoms with Crippen molar-refractivity contribution in [3.8, 4) is 5.75 Å². The Morgan fingerprint density at radius 2 is 1.67 bits per heavy atom. The SMILES string of the molecule is N[C@H](CCOc1ccccc1)c1ccc(Cl)cc1. The fraction of sp³-hybridized carbons (Fsp3) is 0.200. The summed E-state index contributed by atoms with van der Waals surface area (Å²) in [6, 6.07) is 17.3. The van der Waals surface area contributed by atoms with E-state index in [1.54, 1.807) is 0 Å². The quantitative estimate of drug-likeness (QED) is 0.888. The van der Waals surface area contributed by atoms with Gasteiger partial charge in [0.25, 0.3) is 0 Å². The lowest BCUT2D eigenvalue weighted by Crippen LogP contribution is -2.14. The molecule has 2 nitrogen and oxygen atoms in total. The Morgan fingerprint density at radius 3 is 2.33 bits per heavy atom. The van der Waals surface area contributed by atoms with E-state index in [0.29, 0.717) is 6.61 Å². The average molecular weight is 262 g/mol. The highest BCUT2D eigenvalue weighted by Gasteiger charge is 2.05. The molecule has 0 amide bonds. The Bertz CT molecular complexity index is 470. The van der Waals surface area contributed by atoms with Crippen LogP contribution in [0.25, 0.3) is 0 Å². The van der Waals surface area contributed by atoms with Crippen molar-refractivity contribution in [2.24, 2.45) is 5.73 Å². The van der Waals surface area contributed by atoms with Crippen LogP contribution in [0.15, 0.2) is 54.6 Å². The molecular formula is C15H16ClNO. The van der Waals surface area contributed by atoms with Crippen molar-refractivity contribution in [2.75, 3.05) is 6.61 Å². The van der Waals surface area contributed by atoms with Crippen LogP contribution in [0, 0.1) is 0 Å². The molecule has 0 saturated heterocycles. The van der Waals surface area contributed by atoms with Crippen molar-refractivity contribution in [2.45, 2.75) is 12.5 Å². The van der Waals surface area contributed by atoms with Gasteiger partial charge in [-0.3, -0.25) is 0 Å². The van der Waals surface area contributed by atoms with Crippen LogP contribution in [-0.2, 0) is 0 Å². The lowest BCUT2D eigenvalue weighted by molar-refractivity contribution is 0.298. The summed E-state index contributed by atoms with van der Waals surface area (Å²) in [6.45, 7) is 0.605. The predicted octanol–water partition coefficient (Wildman–Crippen LogP) is 3.81. The molecule has 94 valence electrons. The minimum atomic E-state index is -0.0222. The molecule has 0 aliphatic carbocycles. The summed E-state index contributed by atoms with van der Waals surface area (Å²) >= 11 is 5.84. The number of hydrogen-bond donors (Lipinski definition) is 1. The zero-order valence-electron chi connectivity index (χ0n) is 10.1. The van der Waals surface area contributed by atoms with E-state index in [2.05, 4.69) is 0 Å². The molecular weight excluding hydrogens is 246 g/mol. The van der Waals surface area contributed by atoms with Crippen LogP contribution in [0.1, 0.15) is 18.0 Å². The van der Waals surface area contributed by atoms with Crippen LogP contribution in [0.5, 0.6) is 5.75 Å². The maximum atomic E-state index is 6.09. The lowest BCUT2D eigenvalue weighted by Gasteiger charge is -2.13. The van der Waals surface area contributed by atoms with Crippen LogP contribution in [0.4, 0.5) is 0 Å². The van der Waals surface area contributed by atoms with E-state index in [4.69, 9.17) is 22.1 Å². The highest BCUT2D eigenvalue weighted by atomic mass is 35.5. The smallest absolute Gasteiger partial charge is 0.119 e. The van der Waals surface area contributed by atoms with Gasteiger partial charge in [0.15, 0.2) is 0 Å². The molecule has 0 fully saturated rings. The van der Waals surface area contributed by atoms with E-state index in [9.17, 15) is 0 Å². The molecule has 3 heteroatoms. The first-order valence-electron chi connectivity index (χ1n) is 5.94. The van der Waals surface area contributed by atoms with E-state index in [1.165, 1.54) is 0 Å². The molecule has 0 unspecified atom stereocenters. The molecule has 2 N–H and O–H groups in total. The summed E-state index contributed by atoms with van der Waals surface area (Å²) in [5, 5.41) is 0.728. The third-order valence-electron chi connectivity index (χ3n) is 2.74. The highest BCUT2D eigenvalue weighted by molar-refractivity contribution is 6.30. The molecule has 0 heterocycles. The molecule has 0 aliphatic heterocycles. The van der Waals surface area contributed by atoms with Gasteiger partial charge in [-0.2, -0.15) is 0 Å². The second kappa shape index (κ2) is 6.43. The zero-order valence-corrected chi connectivity index (χ0v) is 10.8. The third-order valence-corrected chi connectivity index (χ3v) is 2.99. The molecule has 18 heavy (non-hydrogen) atoms. The van der Waals surface area contributed by atoms with Gasteiger partial charge < -0.3 is 10.5 Å². The van der Waals surface area contributed by atoms with Crippen molar-refractivity contribution in [3.05, 3.63) is 65.2 Å². The molecule has 0 spiro atoms. The van der Waals surface area contributed by atoms with Crippen LogP contribution < -0.4 is 10.5 Å². The lowest BCUT2D eigenvalue weighted by atomic mass is 10.1. The molecule has 2 aromatic carbocycles. The van der Waals surface area contributed by atoms with Crippen molar-refractivity contribution < 1.29 is 4.74 Å². The van der Waals surface area contributed by atoms with E-state index in [0.717, 1.165) is 22.8 Å². The topological polar surface area (TPSA) is 35.2 Å². The van der Waals surface area contributed by atoms with Gasteiger partial charge in [0.05, 0.1) is 6.61 Å². The molecule has 0 bridgehead atoms. The predicted molar refractivity (Wildman–Crippen MR) is 74.9 cm³/mol. The Balaban J connectivity index is 1.81. The van der Waals surface area contributed by atoms with Crippen molar-refractivity contribution >= 4 is 11.6 Å². The molecule has 2 aromatic rings. The monoisotopic (exact) mass is 261 g/mol. The highest BCUT2D eigenvalue weighted by Crippen LogP contribution is 2.18. The van der Waals surface area contributed by atoms with Gasteiger partial charge in [0.2, 0.25) is 0 Å². The summed E-state index contributed by atoms with van der Waals surface area (Å²) in [6.07, 6.45) is 0.774. The zero-order chi connectivity index (χ0) is 12.8. The first-order valence-corrected chi connectivity index (χ1v) is 6.32. The minimum absolute atomic E-state index is 0.0222. The van der Waals surface area contributed by atoms with Crippen LogP contribution in [0.3, 0.4) is 0 Å². The maximum Gasteiger partial charge on any atom is 0.119 e. The second-order valence-corrected chi connectivity index (χ2v) is 4.54. The van der Waals surface area contributed by atoms with Gasteiger partial charge >= 0.3 is 0 Å². The number of nitrogens with two attached hydrogens (primary N) is 1. The van der Waals surface area contributed by atoms with Gasteiger partial charge in [-0.1, -0.05) is 41.9 Å². The normalized spacial score (nSPS) is 12.1. The molecule has 0 aromatic heterocycles. The average Bonchev–Trinajstić information content (AvgIpc) is 2.40. The van der Waals surface area contributed by atoms with Gasteiger partial charge in [-0.15, -0.1) is 0 Å². The van der Waals surface area contributed by atoms with Crippen LogP contribution >= 0.6 is 11.6 Å². The molecule has 0 radical (unpaired) electrons. The van der Waals surface area contributed by atoms with Gasteiger partial charge in [0, 0.05) is 17.5 Å². The number of para-hydroxylation sites is 1. The molecule has 1 atom stereocenters. The summed E-state index contributed by atoms with van der Waals surface area (Å²) in [4.78, 5) is 0. The summed E-state index contributed by atoms with van der Waals surface area (Å²) in [7, 11) is 0. The summed E-state index contributed by atoms with van der Waals surface area (Å²) in [5.41, 5.74) is 7.17. The number of ether oxygens (including phenoxy) is 1. The first kappa shape index (κ1) is 12.9. The first-order chi connectivity index (χ1) is 8.75. The Kier molecular flexibility index (Phi) is 4.62. The van der Waals surface area contributed by atoms with Gasteiger partial charge in [0.1, 0.15) is 5.75 Å². The van der Waals surface area contributed by atoms with Crippen LogP contribution in [0.2, 0.25) is 5.02 Å². The Hall–Kier alpha value is -1.51. The molecule has 2 rings (SSSR count). The van der Waals surface area contributed by atoms with Crippen LogP contribution in [-0.4, -0.2) is 6.61 Å². The Morgan fingerprint density at radius 1 is 1.00 bits per heavy atom. The third kappa shape index (κ3) is 3.76. The Labute approximate surface area is 112 Å². The van der Waals surface area contributed by atoms with Crippen molar-refractivity contribution in [1.29, 1.82) is 0 Å². The van der Waals surface area contributed by atoms with E-state index in [1.807, 2.05) is 54.6 Å². The van der Waals surface area contributed by atoms with Gasteiger partial charge in [-0.05, 0) is 29.8 Å². The molecule has 0 aliphatic rings. The number of halogens is 1. The van der Waals surface area contributed by atoms with Crippen molar-refractivity contribution in [3.63, 3.8) is 0 Å². The van der Waals surface area contributed by atoms with E-state index in [-0.39, 0.29) is 6.04 Å². The van der Waals surface area contributed by atoms with Crippen molar-refractivity contribution in [1.82, 2.24) is 0 Å². The fourth-order valence-corrected chi connectivity index (χ4v) is 1.82. The fourth-order valence-electron chi connectivity index (χ4n) is 1.70. The molecule has 0 saturated carbocycles. The summed E-state index contributed by atoms with van der Waals surface area (Å²) in [5.74, 6) is 0.876. The maximum absolute atomic E-state index is 6.09. The standard InChI is InChI=1S/C15H16ClNO/c16-13-8-6-12(7-9-13)15(17)10-11-18-14-4-2-1-3-5-14/h1-9,15H,10-11,17H2/t15-/m1/s1. The minimum Gasteiger partial charge on any atom is -0.494 e. The van der Waals surface area contributed by atoms with E-state index < -0.39 is 0 Å². The summed E-state index contributed by atoms with van der Waals surface area (Å²) < 4.78 is 5.62. The van der Waals surface area contributed by atoms with E-state index >= 15 is 0 Å². The number of rotatable bonds is 5. The number of benzene rings is 2. The number of hydrogen-bond acceptors (Lipinski definition) is 2. The second-order valence-electron chi connectivity index (χ2n) is 4.11. The largest absolute Gasteiger partial charge is 0.494 e.